The minimum Gasteiger partial charge on any atom is -0.115 e. The molecule has 0 bridgehead atoms. The first kappa shape index (κ1) is 11.8. The third-order valence-corrected chi connectivity index (χ3v) is 4.39. The van der Waals surface area contributed by atoms with Crippen LogP contribution in [0.1, 0.15) is 10.9 Å². The van der Waals surface area contributed by atoms with E-state index in [9.17, 15) is 0 Å². The maximum absolute atomic E-state index is 6.68. The lowest BCUT2D eigenvalue weighted by Gasteiger charge is -2.23. The van der Waals surface area contributed by atoms with Gasteiger partial charge in [0, 0.05) is 0 Å². The normalized spacial score (nSPS) is 17.4. The lowest BCUT2D eigenvalue weighted by molar-refractivity contribution is 0.894. The van der Waals surface area contributed by atoms with Crippen LogP contribution in [0.15, 0.2) is 54.6 Å². The molecule has 1 unspecified atom stereocenters. The van der Waals surface area contributed by atoms with Crippen molar-refractivity contribution in [2.75, 3.05) is 0 Å². The predicted octanol–water partition coefficient (Wildman–Crippen LogP) is 3.22. The molecule has 0 aliphatic heterocycles. The molecule has 2 aromatic carbocycles. The van der Waals surface area contributed by atoms with Crippen molar-refractivity contribution in [3.05, 3.63) is 70.6 Å². The van der Waals surface area contributed by atoms with E-state index in [1.165, 1.54) is 0 Å². The molecular weight excluding hydrogens is 263 g/mol. The quantitative estimate of drug-likeness (QED) is 0.738. The number of hydrogen-bond donors (Lipinski definition) is 0. The molecule has 3 rings (SSSR count). The molecule has 0 heterocycles. The maximum Gasteiger partial charge on any atom is 0.103 e. The van der Waals surface area contributed by atoms with Gasteiger partial charge in [-0.25, -0.2) is 0 Å². The van der Waals surface area contributed by atoms with Crippen LogP contribution in [0.3, 0.4) is 0 Å². The molecule has 1 atom stereocenters. The van der Waals surface area contributed by atoms with E-state index < -0.39 is 4.87 Å². The van der Waals surface area contributed by atoms with Crippen LogP contribution in [0.5, 0.6) is 0 Å². The zero-order valence-electron chi connectivity index (χ0n) is 9.68. The Labute approximate surface area is 116 Å². The van der Waals surface area contributed by atoms with E-state index in [-0.39, 0.29) is 5.38 Å². The molecule has 1 aliphatic carbocycles. The molecule has 0 N–H and O–H groups in total. The lowest BCUT2D eigenvalue weighted by Crippen LogP contribution is -2.19. The van der Waals surface area contributed by atoms with Crippen LogP contribution in [0, 0.1) is 0 Å². The molecule has 0 aromatic heterocycles. The molecular formula is C16H12Cl2. The molecule has 18 heavy (non-hydrogen) atoms. The average Bonchev–Trinajstić information content (AvgIpc) is 2.76. The monoisotopic (exact) mass is 274 g/mol. The van der Waals surface area contributed by atoms with Gasteiger partial charge >= 0.3 is 0 Å². The number of rotatable bonds is 2. The van der Waals surface area contributed by atoms with Crippen molar-refractivity contribution in [3.8, 4) is 0 Å². The predicted molar refractivity (Wildman–Crippen MR) is 78.2 cm³/mol. The highest BCUT2D eigenvalue weighted by molar-refractivity contribution is 6.39. The van der Waals surface area contributed by atoms with E-state index in [0.717, 1.165) is 16.0 Å². The van der Waals surface area contributed by atoms with E-state index in [2.05, 4.69) is 12.1 Å². The topological polar surface area (TPSA) is 0 Å². The summed E-state index contributed by atoms with van der Waals surface area (Å²) in [5, 5.41) is 2.02. The first-order valence-corrected chi connectivity index (χ1v) is 6.69. The summed E-state index contributed by atoms with van der Waals surface area (Å²) in [6.45, 7) is 0. The number of fused-ring (bicyclic) bond motifs is 1. The van der Waals surface area contributed by atoms with Crippen LogP contribution in [0.2, 0.25) is 0 Å². The Morgan fingerprint density at radius 3 is 1.83 bits per heavy atom. The van der Waals surface area contributed by atoms with Gasteiger partial charge in [-0.15, -0.1) is 23.2 Å². The zero-order valence-corrected chi connectivity index (χ0v) is 11.2. The highest BCUT2D eigenvalue weighted by Gasteiger charge is 2.34. The second-order valence-corrected chi connectivity index (χ2v) is 5.61. The molecule has 0 fully saturated rings. The fraction of sp³-hybridized carbons (Fsp3) is 0.125. The van der Waals surface area contributed by atoms with Gasteiger partial charge in [0.05, 0.1) is 5.38 Å². The van der Waals surface area contributed by atoms with Gasteiger partial charge in [-0.05, 0) is 16.0 Å². The van der Waals surface area contributed by atoms with Crippen molar-refractivity contribution in [2.24, 2.45) is 0 Å². The summed E-state index contributed by atoms with van der Waals surface area (Å²) < 4.78 is 0. The highest BCUT2D eigenvalue weighted by atomic mass is 35.5. The van der Waals surface area contributed by atoms with Gasteiger partial charge < -0.3 is 0 Å². The molecule has 90 valence electrons. The first-order chi connectivity index (χ1) is 8.69. The molecule has 0 saturated heterocycles. The van der Waals surface area contributed by atoms with Crippen LogP contribution in [0.25, 0.3) is 12.2 Å². The van der Waals surface area contributed by atoms with Crippen molar-refractivity contribution >= 4 is 35.4 Å². The summed E-state index contributed by atoms with van der Waals surface area (Å²) >= 11 is 13.2. The Bertz CT molecular complexity index is 639. The third-order valence-electron chi connectivity index (χ3n) is 3.23. The Hall–Kier alpha value is -1.24. The molecule has 0 radical (unpaired) electrons. The van der Waals surface area contributed by atoms with Crippen LogP contribution in [-0.4, -0.2) is 4.87 Å². The fourth-order valence-electron chi connectivity index (χ4n) is 2.32. The molecule has 2 heteroatoms. The van der Waals surface area contributed by atoms with Crippen molar-refractivity contribution in [1.29, 1.82) is 0 Å². The molecule has 0 amide bonds. The van der Waals surface area contributed by atoms with Gasteiger partial charge in [-0.1, -0.05) is 66.7 Å². The summed E-state index contributed by atoms with van der Waals surface area (Å²) in [6, 6.07) is 18.1. The third kappa shape index (κ3) is 1.96. The Balaban J connectivity index is 2.06. The average molecular weight is 275 g/mol. The van der Waals surface area contributed by atoms with Gasteiger partial charge in [0.1, 0.15) is 4.87 Å². The number of benzene rings is 2. The Kier molecular flexibility index (Phi) is 2.93. The van der Waals surface area contributed by atoms with Gasteiger partial charge in [0.2, 0.25) is 0 Å². The summed E-state index contributed by atoms with van der Waals surface area (Å²) in [5.74, 6) is 0. The maximum atomic E-state index is 6.68. The molecule has 1 aliphatic rings. The second kappa shape index (κ2) is 4.46. The number of alkyl halides is 2. The molecule has 0 spiro atoms. The second-order valence-electron chi connectivity index (χ2n) is 4.52. The van der Waals surface area contributed by atoms with Crippen LogP contribution in [0.4, 0.5) is 0 Å². The highest BCUT2D eigenvalue weighted by Crippen LogP contribution is 2.41. The summed E-state index contributed by atoms with van der Waals surface area (Å²) in [5.41, 5.74) is 1.04. The van der Waals surface area contributed by atoms with Crippen LogP contribution < -0.4 is 10.4 Å². The SMILES string of the molecule is ClC(c1ccccc1)C1(Cl)C=c2ccccc2=C1. The first-order valence-electron chi connectivity index (χ1n) is 5.88. The Morgan fingerprint density at radius 1 is 0.778 bits per heavy atom. The van der Waals surface area contributed by atoms with E-state index in [4.69, 9.17) is 23.2 Å². The van der Waals surface area contributed by atoms with Crippen molar-refractivity contribution in [3.63, 3.8) is 0 Å². The van der Waals surface area contributed by atoms with E-state index >= 15 is 0 Å². The van der Waals surface area contributed by atoms with Gasteiger partial charge in [0.15, 0.2) is 0 Å². The zero-order chi connectivity index (χ0) is 12.6. The van der Waals surface area contributed by atoms with Crippen molar-refractivity contribution in [1.82, 2.24) is 0 Å². The largest absolute Gasteiger partial charge is 0.115 e. The fourth-order valence-corrected chi connectivity index (χ4v) is 2.95. The van der Waals surface area contributed by atoms with Crippen LogP contribution >= 0.6 is 23.2 Å². The summed E-state index contributed by atoms with van der Waals surface area (Å²) in [6.07, 6.45) is 4.07. The minimum atomic E-state index is -0.646. The van der Waals surface area contributed by atoms with Gasteiger partial charge in [0.25, 0.3) is 0 Å². The number of halogens is 2. The molecule has 2 aromatic rings. The van der Waals surface area contributed by atoms with Gasteiger partial charge in [-0.3, -0.25) is 0 Å². The summed E-state index contributed by atoms with van der Waals surface area (Å²) in [4.78, 5) is -0.646. The molecule has 0 nitrogen and oxygen atoms in total. The van der Waals surface area contributed by atoms with E-state index in [1.54, 1.807) is 0 Å². The minimum absolute atomic E-state index is 0.271. The van der Waals surface area contributed by atoms with E-state index in [1.807, 2.05) is 54.6 Å². The van der Waals surface area contributed by atoms with Crippen molar-refractivity contribution < 1.29 is 0 Å². The Morgan fingerprint density at radius 2 is 1.28 bits per heavy atom. The van der Waals surface area contributed by atoms with Crippen LogP contribution in [-0.2, 0) is 0 Å². The smallest absolute Gasteiger partial charge is 0.103 e. The van der Waals surface area contributed by atoms with Gasteiger partial charge in [-0.2, -0.15) is 0 Å². The summed E-state index contributed by atoms with van der Waals surface area (Å²) in [7, 11) is 0. The molecule has 0 saturated carbocycles. The lowest BCUT2D eigenvalue weighted by atomic mass is 9.99. The van der Waals surface area contributed by atoms with E-state index in [0.29, 0.717) is 0 Å². The van der Waals surface area contributed by atoms with Crippen molar-refractivity contribution in [2.45, 2.75) is 10.3 Å². The number of hydrogen-bond acceptors (Lipinski definition) is 0. The standard InChI is InChI=1S/C16H12Cl2/c17-15(12-6-2-1-3-7-12)16(18)10-13-8-4-5-9-14(13)11-16/h1-11,15H.